The van der Waals surface area contributed by atoms with Gasteiger partial charge in [-0.2, -0.15) is 0 Å². The Hall–Kier alpha value is -2.69. The highest BCUT2D eigenvalue weighted by Crippen LogP contribution is 2.06. The monoisotopic (exact) mass is 287 g/mol. The molecule has 2 aromatic carbocycles. The van der Waals surface area contributed by atoms with Crippen LogP contribution in [0.1, 0.15) is 21.5 Å². The van der Waals surface area contributed by atoms with Gasteiger partial charge in [0.2, 0.25) is 5.91 Å². The van der Waals surface area contributed by atoms with E-state index in [4.69, 9.17) is 5.11 Å². The lowest BCUT2D eigenvalue weighted by molar-refractivity contribution is -0.120. The summed E-state index contributed by atoms with van der Waals surface area (Å²) in [6, 6.07) is 12.2. The van der Waals surface area contributed by atoms with E-state index >= 15 is 0 Å². The van der Waals surface area contributed by atoms with Crippen LogP contribution in [-0.2, 0) is 17.8 Å². The second-order valence-corrected chi connectivity index (χ2v) is 4.59. The molecule has 2 rings (SSSR count). The molecule has 0 bridgehead atoms. The van der Waals surface area contributed by atoms with Crippen LogP contribution in [0, 0.1) is 5.82 Å². The van der Waals surface area contributed by atoms with Crippen LogP contribution < -0.4 is 5.32 Å². The first-order valence-electron chi connectivity index (χ1n) is 6.38. The van der Waals surface area contributed by atoms with Gasteiger partial charge < -0.3 is 10.4 Å². The molecule has 21 heavy (non-hydrogen) atoms. The van der Waals surface area contributed by atoms with Gasteiger partial charge in [-0.25, -0.2) is 9.18 Å². The zero-order valence-corrected chi connectivity index (χ0v) is 11.2. The van der Waals surface area contributed by atoms with Crippen molar-refractivity contribution in [3.63, 3.8) is 0 Å². The van der Waals surface area contributed by atoms with Crippen molar-refractivity contribution in [1.82, 2.24) is 5.32 Å². The second-order valence-electron chi connectivity index (χ2n) is 4.59. The topological polar surface area (TPSA) is 66.4 Å². The molecule has 1 amide bonds. The van der Waals surface area contributed by atoms with Crippen molar-refractivity contribution in [3.05, 3.63) is 71.0 Å². The number of amides is 1. The van der Waals surface area contributed by atoms with Crippen molar-refractivity contribution in [2.75, 3.05) is 0 Å². The van der Waals surface area contributed by atoms with Crippen molar-refractivity contribution in [2.24, 2.45) is 0 Å². The first-order chi connectivity index (χ1) is 10.0. The molecule has 4 nitrogen and oxygen atoms in total. The number of hydrogen-bond donors (Lipinski definition) is 2. The molecule has 0 heterocycles. The molecule has 2 aromatic rings. The zero-order valence-electron chi connectivity index (χ0n) is 11.2. The predicted octanol–water partition coefficient (Wildman–Crippen LogP) is 2.38. The number of rotatable bonds is 5. The van der Waals surface area contributed by atoms with Crippen LogP contribution in [0.15, 0.2) is 48.5 Å². The quantitative estimate of drug-likeness (QED) is 0.887. The van der Waals surface area contributed by atoms with Crippen LogP contribution in [0.3, 0.4) is 0 Å². The molecule has 0 atom stereocenters. The molecule has 0 unspecified atom stereocenters. The molecule has 0 saturated carbocycles. The first kappa shape index (κ1) is 14.7. The minimum atomic E-state index is -1.01. The van der Waals surface area contributed by atoms with Gasteiger partial charge in [0.05, 0.1) is 12.0 Å². The van der Waals surface area contributed by atoms with E-state index < -0.39 is 5.97 Å². The van der Waals surface area contributed by atoms with Gasteiger partial charge in [0.25, 0.3) is 0 Å². The molecule has 2 N–H and O–H groups in total. The predicted molar refractivity (Wildman–Crippen MR) is 75.4 cm³/mol. The van der Waals surface area contributed by atoms with E-state index in [2.05, 4.69) is 5.32 Å². The molecule has 0 spiro atoms. The molecule has 5 heteroatoms. The molecule has 108 valence electrons. The fourth-order valence-corrected chi connectivity index (χ4v) is 1.91. The maximum Gasteiger partial charge on any atom is 0.335 e. The number of carbonyl (C=O) groups is 2. The molecular weight excluding hydrogens is 273 g/mol. The maximum atomic E-state index is 13.0. The summed E-state index contributed by atoms with van der Waals surface area (Å²) < 4.78 is 13.0. The molecule has 0 aliphatic rings. The molecule has 0 saturated heterocycles. The number of benzene rings is 2. The van der Waals surface area contributed by atoms with Gasteiger partial charge in [-0.3, -0.25) is 4.79 Å². The summed E-state index contributed by atoms with van der Waals surface area (Å²) >= 11 is 0. The number of carboxylic acids is 1. The molecule has 0 aromatic heterocycles. The van der Waals surface area contributed by atoms with Gasteiger partial charge in [0, 0.05) is 6.54 Å². The third-order valence-electron chi connectivity index (χ3n) is 2.92. The number of halogens is 1. The molecule has 0 radical (unpaired) electrons. The number of carbonyl (C=O) groups excluding carboxylic acids is 1. The van der Waals surface area contributed by atoms with E-state index in [-0.39, 0.29) is 30.3 Å². The number of hydrogen-bond acceptors (Lipinski definition) is 2. The average molecular weight is 287 g/mol. The van der Waals surface area contributed by atoms with Gasteiger partial charge in [0.15, 0.2) is 0 Å². The summed E-state index contributed by atoms with van der Waals surface area (Å²) in [6.45, 7) is 0.231. The average Bonchev–Trinajstić information content (AvgIpc) is 2.45. The van der Waals surface area contributed by atoms with E-state index in [0.29, 0.717) is 11.1 Å². The minimum absolute atomic E-state index is 0.0797. The Morgan fingerprint density at radius 1 is 1.05 bits per heavy atom. The Bertz CT molecular complexity index is 670. The Morgan fingerprint density at radius 3 is 2.48 bits per heavy atom. The molecule has 0 aliphatic heterocycles. The summed E-state index contributed by atoms with van der Waals surface area (Å²) in [7, 11) is 0. The summed E-state index contributed by atoms with van der Waals surface area (Å²) in [6.07, 6.45) is 0.0797. The number of aromatic carboxylic acids is 1. The Morgan fingerprint density at radius 2 is 1.76 bits per heavy atom. The van der Waals surface area contributed by atoms with E-state index in [1.54, 1.807) is 24.3 Å². The normalized spacial score (nSPS) is 10.1. The fraction of sp³-hybridized carbons (Fsp3) is 0.125. The molecule has 0 fully saturated rings. The highest BCUT2D eigenvalue weighted by atomic mass is 19.1. The van der Waals surface area contributed by atoms with Crippen LogP contribution in [0.4, 0.5) is 4.39 Å². The van der Waals surface area contributed by atoms with Crippen LogP contribution in [0.5, 0.6) is 0 Å². The van der Waals surface area contributed by atoms with Crippen molar-refractivity contribution in [2.45, 2.75) is 13.0 Å². The van der Waals surface area contributed by atoms with Crippen LogP contribution in [0.2, 0.25) is 0 Å². The van der Waals surface area contributed by atoms with E-state index in [1.807, 2.05) is 0 Å². The van der Waals surface area contributed by atoms with Gasteiger partial charge in [-0.1, -0.05) is 24.3 Å². The van der Waals surface area contributed by atoms with Crippen molar-refractivity contribution in [1.29, 1.82) is 0 Å². The van der Waals surface area contributed by atoms with Gasteiger partial charge >= 0.3 is 5.97 Å². The Kier molecular flexibility index (Phi) is 4.66. The van der Waals surface area contributed by atoms with Gasteiger partial charge in [-0.05, 0) is 35.4 Å². The summed E-state index contributed by atoms with van der Waals surface area (Å²) in [5.74, 6) is -1.64. The smallest absolute Gasteiger partial charge is 0.335 e. The fourth-order valence-electron chi connectivity index (χ4n) is 1.91. The molecular formula is C16H14FNO3. The van der Waals surface area contributed by atoms with Crippen molar-refractivity contribution in [3.8, 4) is 0 Å². The van der Waals surface area contributed by atoms with Gasteiger partial charge in [-0.15, -0.1) is 0 Å². The number of nitrogens with one attached hydrogen (secondary N) is 1. The first-order valence-corrected chi connectivity index (χ1v) is 6.38. The number of carboxylic acid groups (broad SMARTS) is 1. The van der Waals surface area contributed by atoms with E-state index in [9.17, 15) is 14.0 Å². The van der Waals surface area contributed by atoms with E-state index in [1.165, 1.54) is 24.3 Å². The minimum Gasteiger partial charge on any atom is -0.478 e. The summed E-state index contributed by atoms with van der Waals surface area (Å²) in [5, 5.41) is 11.6. The van der Waals surface area contributed by atoms with Crippen LogP contribution in [-0.4, -0.2) is 17.0 Å². The second kappa shape index (κ2) is 6.65. The third kappa shape index (κ3) is 4.42. The standard InChI is InChI=1S/C16H14FNO3/c17-14-6-2-3-11(8-14)9-15(19)18-10-12-4-1-5-13(7-12)16(20)21/h1-8H,9-10H2,(H,18,19)(H,20,21). The lowest BCUT2D eigenvalue weighted by atomic mass is 10.1. The largest absolute Gasteiger partial charge is 0.478 e. The third-order valence-corrected chi connectivity index (χ3v) is 2.92. The highest BCUT2D eigenvalue weighted by Gasteiger charge is 2.06. The summed E-state index contributed by atoms with van der Waals surface area (Å²) in [5.41, 5.74) is 1.46. The van der Waals surface area contributed by atoms with Crippen molar-refractivity contribution < 1.29 is 19.1 Å². The van der Waals surface area contributed by atoms with Crippen LogP contribution in [0.25, 0.3) is 0 Å². The maximum absolute atomic E-state index is 13.0. The Labute approximate surface area is 121 Å². The summed E-state index contributed by atoms with van der Waals surface area (Å²) in [4.78, 5) is 22.6. The zero-order chi connectivity index (χ0) is 15.2. The lowest BCUT2D eigenvalue weighted by Crippen LogP contribution is -2.24. The Balaban J connectivity index is 1.92. The SMILES string of the molecule is O=C(Cc1cccc(F)c1)NCc1cccc(C(=O)O)c1. The van der Waals surface area contributed by atoms with E-state index in [0.717, 1.165) is 0 Å². The molecule has 0 aliphatic carbocycles. The highest BCUT2D eigenvalue weighted by molar-refractivity contribution is 5.87. The van der Waals surface area contributed by atoms with Gasteiger partial charge in [0.1, 0.15) is 5.82 Å². The van der Waals surface area contributed by atoms with Crippen LogP contribution >= 0.6 is 0 Å². The van der Waals surface area contributed by atoms with Crippen molar-refractivity contribution >= 4 is 11.9 Å². The lowest BCUT2D eigenvalue weighted by Gasteiger charge is -2.06.